The van der Waals surface area contributed by atoms with Crippen LogP contribution in [0.3, 0.4) is 0 Å². The minimum atomic E-state index is 0. The Balaban J connectivity index is -0.000000405. The van der Waals surface area contributed by atoms with Gasteiger partial charge in [0.1, 0.15) is 0 Å². The van der Waals surface area contributed by atoms with Crippen molar-refractivity contribution in [1.29, 1.82) is 0 Å². The van der Waals surface area contributed by atoms with Crippen molar-refractivity contribution in [3.05, 3.63) is 0 Å². The molecule has 64 valence electrons. The van der Waals surface area contributed by atoms with Crippen LogP contribution in [0.2, 0.25) is 0 Å². The van der Waals surface area contributed by atoms with E-state index in [2.05, 4.69) is 0 Å². The second kappa shape index (κ2) is 11.5. The first-order valence-electron chi connectivity index (χ1n) is 3.40. The van der Waals surface area contributed by atoms with Crippen molar-refractivity contribution in [1.82, 2.24) is 4.90 Å². The molecule has 0 fully saturated rings. The van der Waals surface area contributed by atoms with E-state index in [-0.39, 0.29) is 72.6 Å². The minimum Gasteiger partial charge on any atom is -1.00 e. The third-order valence-electron chi connectivity index (χ3n) is 1.25. The van der Waals surface area contributed by atoms with Gasteiger partial charge in [-0.15, -0.1) is 0 Å². The number of aliphatic hydroxyl groups excluding tert-OH is 3. The van der Waals surface area contributed by atoms with Crippen LogP contribution in [0.4, 0.5) is 0 Å². The molecule has 0 amide bonds. The zero-order valence-corrected chi connectivity index (χ0v) is 10.2. The molecule has 0 aliphatic rings. The van der Waals surface area contributed by atoms with Crippen LogP contribution in [0, 0.1) is 0 Å². The van der Waals surface area contributed by atoms with Gasteiger partial charge in [-0.3, -0.25) is 4.90 Å². The van der Waals surface area contributed by atoms with Gasteiger partial charge in [-0.2, -0.15) is 0 Å². The molecule has 11 heavy (non-hydrogen) atoms. The summed E-state index contributed by atoms with van der Waals surface area (Å²) in [7, 11) is 0. The van der Waals surface area contributed by atoms with Crippen molar-refractivity contribution in [2.75, 3.05) is 39.5 Å². The van der Waals surface area contributed by atoms with E-state index >= 15 is 0 Å². The van der Waals surface area contributed by atoms with Crippen molar-refractivity contribution < 1.29 is 68.1 Å². The summed E-state index contributed by atoms with van der Waals surface area (Å²) in [5.74, 6) is 0. The Morgan fingerprint density at radius 3 is 1.27 bits per heavy atom. The zero-order valence-electron chi connectivity index (χ0n) is 8.03. The maximum Gasteiger partial charge on any atom is 1.00 e. The number of hydrogen-bond acceptors (Lipinski definition) is 4. The van der Waals surface area contributed by atoms with Crippen LogP contribution in [-0.2, 0) is 0 Å². The molecule has 0 spiro atoms. The maximum absolute atomic E-state index is 8.48. The van der Waals surface area contributed by atoms with Gasteiger partial charge in [0, 0.05) is 19.6 Å². The predicted molar refractivity (Wildman–Crippen MR) is 38.8 cm³/mol. The van der Waals surface area contributed by atoms with Crippen molar-refractivity contribution in [2.24, 2.45) is 0 Å². The fourth-order valence-corrected chi connectivity index (χ4v) is 0.760. The normalized spacial score (nSPS) is 9.82. The summed E-state index contributed by atoms with van der Waals surface area (Å²) >= 11 is 0. The van der Waals surface area contributed by atoms with Crippen LogP contribution in [0.15, 0.2) is 0 Å². The van der Waals surface area contributed by atoms with Crippen LogP contribution in [-0.4, -0.2) is 59.7 Å². The first kappa shape index (κ1) is 15.0. The van der Waals surface area contributed by atoms with Crippen molar-refractivity contribution in [3.8, 4) is 0 Å². The van der Waals surface area contributed by atoms with Gasteiger partial charge in [0.05, 0.1) is 19.8 Å². The number of aliphatic hydroxyl groups is 3. The fraction of sp³-hybridized carbons (Fsp3) is 1.00. The Kier molecular flexibility index (Phi) is 15.6. The Hall–Kier alpha value is 1.48. The first-order valence-corrected chi connectivity index (χ1v) is 3.40. The van der Waals surface area contributed by atoms with E-state index in [1.807, 2.05) is 0 Å². The summed E-state index contributed by atoms with van der Waals surface area (Å²) in [5, 5.41) is 25.5. The molecule has 0 bridgehead atoms. The number of hydrogen-bond donors (Lipinski definition) is 3. The summed E-state index contributed by atoms with van der Waals surface area (Å²) in [6.45, 7) is 1.75. The Morgan fingerprint density at radius 1 is 0.818 bits per heavy atom. The van der Waals surface area contributed by atoms with Crippen molar-refractivity contribution >= 4 is 0 Å². The van der Waals surface area contributed by atoms with E-state index in [1.165, 1.54) is 0 Å². The van der Waals surface area contributed by atoms with E-state index in [4.69, 9.17) is 15.3 Å². The van der Waals surface area contributed by atoms with Gasteiger partial charge < -0.3 is 16.7 Å². The van der Waals surface area contributed by atoms with E-state index in [9.17, 15) is 0 Å². The van der Waals surface area contributed by atoms with Crippen molar-refractivity contribution in [2.45, 2.75) is 0 Å². The van der Waals surface area contributed by atoms with Crippen LogP contribution in [0.25, 0.3) is 0 Å². The van der Waals surface area contributed by atoms with E-state index < -0.39 is 0 Å². The second-order valence-electron chi connectivity index (χ2n) is 2.01. The summed E-state index contributed by atoms with van der Waals surface area (Å²) in [4.78, 5) is 1.79. The summed E-state index contributed by atoms with van der Waals surface area (Å²) < 4.78 is 0. The average Bonchev–Trinajstić information content (AvgIpc) is 1.90. The predicted octanol–water partition coefficient (Wildman–Crippen LogP) is -4.62. The monoisotopic (exact) mass is 189 g/mol. The largest absolute Gasteiger partial charge is 1.00 e. The number of rotatable bonds is 6. The molecule has 0 rings (SSSR count). The van der Waals surface area contributed by atoms with Gasteiger partial charge in [-0.25, -0.2) is 0 Å². The second-order valence-corrected chi connectivity index (χ2v) is 2.01. The molecule has 0 heterocycles. The van der Waals surface area contributed by atoms with E-state index in [0.29, 0.717) is 19.6 Å². The molecule has 4 nitrogen and oxygen atoms in total. The van der Waals surface area contributed by atoms with Gasteiger partial charge in [0.25, 0.3) is 0 Å². The fourth-order valence-electron chi connectivity index (χ4n) is 0.760. The quantitative estimate of drug-likeness (QED) is 0.368. The Labute approximate surface area is 111 Å². The van der Waals surface area contributed by atoms with E-state index in [0.717, 1.165) is 0 Å². The van der Waals surface area contributed by atoms with Gasteiger partial charge in [-0.1, -0.05) is 0 Å². The van der Waals surface area contributed by atoms with Crippen LogP contribution < -0.4 is 51.4 Å². The first-order chi connectivity index (χ1) is 4.85. The van der Waals surface area contributed by atoms with Crippen LogP contribution >= 0.6 is 0 Å². The number of nitrogens with zero attached hydrogens (tertiary/aromatic N) is 1. The van der Waals surface area contributed by atoms with Gasteiger partial charge in [0.2, 0.25) is 0 Å². The van der Waals surface area contributed by atoms with Gasteiger partial charge >= 0.3 is 51.4 Å². The molecule has 0 aromatic rings. The average molecular weight is 189 g/mol. The molecule has 0 radical (unpaired) electrons. The minimum absolute atomic E-state index is 0. The smallest absolute Gasteiger partial charge is 1.00 e. The molecule has 0 aromatic heterocycles. The Bertz CT molecular complexity index is 65.5. The standard InChI is InChI=1S/C6H15NO3.K.H/c8-4-1-7(2-5-9)3-6-10;;/h8-10H,1-6H2;;/q;+1;-1. The molecular formula is C6H16KNO3. The van der Waals surface area contributed by atoms with Crippen LogP contribution in [0.1, 0.15) is 1.43 Å². The molecule has 0 aromatic carbocycles. The molecule has 0 saturated heterocycles. The third-order valence-corrected chi connectivity index (χ3v) is 1.25. The van der Waals surface area contributed by atoms with E-state index in [1.54, 1.807) is 4.90 Å². The molecule has 5 heteroatoms. The third kappa shape index (κ3) is 9.39. The zero-order chi connectivity index (χ0) is 7.82. The van der Waals surface area contributed by atoms with Crippen molar-refractivity contribution in [3.63, 3.8) is 0 Å². The molecular weight excluding hydrogens is 173 g/mol. The summed E-state index contributed by atoms with van der Waals surface area (Å²) in [5.41, 5.74) is 0. The van der Waals surface area contributed by atoms with Gasteiger partial charge in [0.15, 0.2) is 0 Å². The summed E-state index contributed by atoms with van der Waals surface area (Å²) in [6.07, 6.45) is 0. The molecule has 0 saturated carbocycles. The topological polar surface area (TPSA) is 63.9 Å². The maximum atomic E-state index is 8.48. The molecule has 0 atom stereocenters. The molecule has 3 N–H and O–H groups in total. The summed E-state index contributed by atoms with van der Waals surface area (Å²) in [6, 6.07) is 0. The molecule has 0 aliphatic heterocycles. The SMILES string of the molecule is OCCN(CCO)CCO.[H-].[K+]. The Morgan fingerprint density at radius 2 is 1.09 bits per heavy atom. The molecule has 0 aliphatic carbocycles. The van der Waals surface area contributed by atoms with Crippen LogP contribution in [0.5, 0.6) is 0 Å². The molecule has 0 unspecified atom stereocenters. The van der Waals surface area contributed by atoms with Gasteiger partial charge in [-0.05, 0) is 0 Å².